The minimum atomic E-state index is 0.0610. The second-order valence-electron chi connectivity index (χ2n) is 7.31. The highest BCUT2D eigenvalue weighted by molar-refractivity contribution is 7.22. The van der Waals surface area contributed by atoms with E-state index in [9.17, 15) is 4.79 Å². The first-order valence-corrected chi connectivity index (χ1v) is 10.0. The van der Waals surface area contributed by atoms with E-state index in [1.54, 1.807) is 0 Å². The molecule has 9 heteroatoms. The van der Waals surface area contributed by atoms with Crippen molar-refractivity contribution in [3.8, 4) is 11.3 Å². The van der Waals surface area contributed by atoms with Crippen LogP contribution in [0.2, 0.25) is 0 Å². The van der Waals surface area contributed by atoms with Crippen LogP contribution >= 0.6 is 11.3 Å². The van der Waals surface area contributed by atoms with Gasteiger partial charge in [-0.2, -0.15) is 5.10 Å². The summed E-state index contributed by atoms with van der Waals surface area (Å²) in [7, 11) is 0. The van der Waals surface area contributed by atoms with Gasteiger partial charge in [0.15, 0.2) is 10.8 Å². The van der Waals surface area contributed by atoms with E-state index >= 15 is 0 Å². The number of thiazole rings is 1. The number of rotatable bonds is 4. The van der Waals surface area contributed by atoms with E-state index in [4.69, 9.17) is 10.8 Å². The van der Waals surface area contributed by atoms with Crippen molar-refractivity contribution >= 4 is 49.4 Å². The minimum Gasteiger partial charge on any atom is -0.383 e. The van der Waals surface area contributed by atoms with Crippen molar-refractivity contribution in [2.45, 2.75) is 32.7 Å². The number of carbonyl (C=O) groups excluding carboxylic acids is 1. The molecule has 1 saturated carbocycles. The highest BCUT2D eigenvalue weighted by Crippen LogP contribution is 2.36. The number of fused-ring (bicyclic) bond motifs is 2. The van der Waals surface area contributed by atoms with Gasteiger partial charge in [-0.1, -0.05) is 17.4 Å². The van der Waals surface area contributed by atoms with E-state index < -0.39 is 0 Å². The monoisotopic (exact) mass is 393 g/mol. The summed E-state index contributed by atoms with van der Waals surface area (Å²) in [5.74, 6) is 0.622. The zero-order valence-electron chi connectivity index (χ0n) is 15.5. The van der Waals surface area contributed by atoms with Crippen molar-refractivity contribution in [1.82, 2.24) is 24.7 Å². The molecule has 1 aromatic carbocycles. The molecule has 0 spiro atoms. The van der Waals surface area contributed by atoms with Crippen LogP contribution in [0.3, 0.4) is 0 Å². The first-order chi connectivity index (χ1) is 13.5. The maximum Gasteiger partial charge on any atom is 0.229 e. The van der Waals surface area contributed by atoms with Gasteiger partial charge in [0.05, 0.1) is 15.6 Å². The van der Waals surface area contributed by atoms with Gasteiger partial charge in [-0.05, 0) is 38.8 Å². The van der Waals surface area contributed by atoms with Crippen LogP contribution in [0.25, 0.3) is 32.5 Å². The number of amides is 1. The summed E-state index contributed by atoms with van der Waals surface area (Å²) in [6, 6.07) is 6.07. The molecule has 1 fully saturated rings. The molecule has 8 nitrogen and oxygen atoms in total. The highest BCUT2D eigenvalue weighted by Gasteiger charge is 2.30. The number of aromatic nitrogens is 5. The van der Waals surface area contributed by atoms with Crippen molar-refractivity contribution in [1.29, 1.82) is 0 Å². The molecule has 28 heavy (non-hydrogen) atoms. The molecule has 3 N–H and O–H groups in total. The van der Waals surface area contributed by atoms with Gasteiger partial charge in [0, 0.05) is 17.5 Å². The fourth-order valence-corrected chi connectivity index (χ4v) is 4.14. The lowest BCUT2D eigenvalue weighted by atomic mass is 10.1. The molecule has 1 aliphatic carbocycles. The van der Waals surface area contributed by atoms with Gasteiger partial charge in [-0.25, -0.2) is 19.6 Å². The summed E-state index contributed by atoms with van der Waals surface area (Å²) < 4.78 is 2.84. The Morgan fingerprint density at radius 2 is 2.14 bits per heavy atom. The molecule has 3 aromatic heterocycles. The van der Waals surface area contributed by atoms with Crippen LogP contribution in [0.1, 0.15) is 32.7 Å². The maximum absolute atomic E-state index is 12.0. The summed E-state index contributed by atoms with van der Waals surface area (Å²) in [4.78, 5) is 25.1. The Morgan fingerprint density at radius 1 is 1.32 bits per heavy atom. The Hall–Kier alpha value is -3.07. The van der Waals surface area contributed by atoms with Crippen LogP contribution in [0.5, 0.6) is 0 Å². The lowest BCUT2D eigenvalue weighted by molar-refractivity contribution is -0.117. The third-order valence-electron chi connectivity index (χ3n) is 4.85. The second kappa shape index (κ2) is 6.23. The lowest BCUT2D eigenvalue weighted by Crippen LogP contribution is -2.12. The zero-order valence-corrected chi connectivity index (χ0v) is 16.3. The van der Waals surface area contributed by atoms with Crippen LogP contribution in [-0.4, -0.2) is 30.6 Å². The van der Waals surface area contributed by atoms with Crippen LogP contribution in [-0.2, 0) is 4.79 Å². The standard InChI is InChI=1S/C19H19N7OS/c1-9(2)26-17-14(16(20)21-8-22-17)15(25-26)11-5-6-12-13(7-11)28-19(23-12)24-18(27)10-3-4-10/h5-10H,3-4H2,1-2H3,(H2,20,21,22)(H,23,24,27). The van der Waals surface area contributed by atoms with Gasteiger partial charge in [0.2, 0.25) is 5.91 Å². The molecule has 3 heterocycles. The van der Waals surface area contributed by atoms with Crippen molar-refractivity contribution < 1.29 is 4.79 Å². The summed E-state index contributed by atoms with van der Waals surface area (Å²) in [5, 5.41) is 9.06. The van der Waals surface area contributed by atoms with Gasteiger partial charge < -0.3 is 11.1 Å². The number of carbonyl (C=O) groups is 1. The third-order valence-corrected chi connectivity index (χ3v) is 5.78. The maximum atomic E-state index is 12.0. The van der Waals surface area contributed by atoms with Gasteiger partial charge in [0.1, 0.15) is 17.8 Å². The fourth-order valence-electron chi connectivity index (χ4n) is 3.24. The van der Waals surface area contributed by atoms with E-state index in [0.29, 0.717) is 10.9 Å². The number of nitrogens with zero attached hydrogens (tertiary/aromatic N) is 5. The molecule has 0 unspecified atom stereocenters. The SMILES string of the molecule is CC(C)n1nc(-c2ccc3nc(NC(=O)C4CC4)sc3c2)c2c(N)ncnc21. The zero-order chi connectivity index (χ0) is 19.4. The van der Waals surface area contributed by atoms with Gasteiger partial charge in [-0.3, -0.25) is 4.79 Å². The smallest absolute Gasteiger partial charge is 0.229 e. The van der Waals surface area contributed by atoms with Crippen LogP contribution in [0, 0.1) is 5.92 Å². The average Bonchev–Trinajstić information content (AvgIpc) is 3.32. The molecule has 4 aromatic rings. The quantitative estimate of drug-likeness (QED) is 0.548. The average molecular weight is 393 g/mol. The first-order valence-electron chi connectivity index (χ1n) is 9.22. The predicted molar refractivity (Wildman–Crippen MR) is 110 cm³/mol. The Kier molecular flexibility index (Phi) is 3.80. The second-order valence-corrected chi connectivity index (χ2v) is 8.34. The summed E-state index contributed by atoms with van der Waals surface area (Å²) in [6.45, 7) is 4.10. The minimum absolute atomic E-state index is 0.0610. The summed E-state index contributed by atoms with van der Waals surface area (Å²) >= 11 is 1.46. The number of hydrogen-bond acceptors (Lipinski definition) is 7. The van der Waals surface area contributed by atoms with E-state index in [0.717, 1.165) is 45.3 Å². The lowest BCUT2D eigenvalue weighted by Gasteiger charge is -2.05. The molecule has 0 bridgehead atoms. The summed E-state index contributed by atoms with van der Waals surface area (Å²) in [6.07, 6.45) is 3.40. The highest BCUT2D eigenvalue weighted by atomic mass is 32.1. The van der Waals surface area contributed by atoms with Crippen molar-refractivity contribution in [2.24, 2.45) is 5.92 Å². The third kappa shape index (κ3) is 2.78. The number of nitrogen functional groups attached to an aromatic ring is 1. The Morgan fingerprint density at radius 3 is 2.89 bits per heavy atom. The molecule has 0 atom stereocenters. The van der Waals surface area contributed by atoms with Gasteiger partial charge in [-0.15, -0.1) is 0 Å². The topological polar surface area (TPSA) is 112 Å². The Balaban J connectivity index is 1.60. The number of nitrogens with two attached hydrogens (primary N) is 1. The Bertz CT molecular complexity index is 1220. The van der Waals surface area contributed by atoms with Crippen LogP contribution in [0.15, 0.2) is 24.5 Å². The number of anilines is 2. The normalized spacial score (nSPS) is 14.2. The molecule has 0 radical (unpaired) electrons. The number of benzene rings is 1. The molecule has 5 rings (SSSR count). The number of nitrogens with one attached hydrogen (secondary N) is 1. The molecular formula is C19H19N7OS. The van der Waals surface area contributed by atoms with Crippen molar-refractivity contribution in [3.63, 3.8) is 0 Å². The largest absolute Gasteiger partial charge is 0.383 e. The molecular weight excluding hydrogens is 374 g/mol. The van der Waals surface area contributed by atoms with Gasteiger partial charge in [0.25, 0.3) is 0 Å². The van der Waals surface area contributed by atoms with Crippen LogP contribution < -0.4 is 11.1 Å². The fraction of sp³-hybridized carbons (Fsp3) is 0.316. The van der Waals surface area contributed by atoms with Crippen LogP contribution in [0.4, 0.5) is 10.9 Å². The first kappa shape index (κ1) is 17.1. The molecule has 0 aliphatic heterocycles. The molecule has 142 valence electrons. The molecule has 0 saturated heterocycles. The summed E-state index contributed by atoms with van der Waals surface area (Å²) in [5.41, 5.74) is 9.39. The predicted octanol–water partition coefficient (Wildman–Crippen LogP) is 3.61. The number of hydrogen-bond donors (Lipinski definition) is 2. The van der Waals surface area contributed by atoms with E-state index in [-0.39, 0.29) is 17.9 Å². The molecule has 1 aliphatic rings. The van der Waals surface area contributed by atoms with Crippen molar-refractivity contribution in [3.05, 3.63) is 24.5 Å². The van der Waals surface area contributed by atoms with E-state index in [1.165, 1.54) is 17.7 Å². The van der Waals surface area contributed by atoms with Gasteiger partial charge >= 0.3 is 0 Å². The van der Waals surface area contributed by atoms with E-state index in [1.807, 2.05) is 22.9 Å². The van der Waals surface area contributed by atoms with E-state index in [2.05, 4.69) is 34.1 Å². The Labute approximate surface area is 164 Å². The molecule has 1 amide bonds. The van der Waals surface area contributed by atoms with Crippen molar-refractivity contribution in [2.75, 3.05) is 11.1 Å².